The number of para-hydroxylation sites is 1. The molecule has 0 N–H and O–H groups in total. The van der Waals surface area contributed by atoms with Crippen LogP contribution in [0.3, 0.4) is 0 Å². The predicted octanol–water partition coefficient (Wildman–Crippen LogP) is 3.58. The average Bonchev–Trinajstić information content (AvgIpc) is 3.22. The molecule has 0 spiro atoms. The van der Waals surface area contributed by atoms with Crippen molar-refractivity contribution in [2.45, 2.75) is 26.2 Å². The van der Waals surface area contributed by atoms with Gasteiger partial charge in [0.05, 0.1) is 42.7 Å². The Hall–Kier alpha value is -3.76. The van der Waals surface area contributed by atoms with Gasteiger partial charge in [0.1, 0.15) is 7.05 Å². The van der Waals surface area contributed by atoms with Gasteiger partial charge in [-0.2, -0.15) is 13.0 Å². The molecule has 4 rings (SSSR count). The molecule has 0 bridgehead atoms. The highest BCUT2D eigenvalue weighted by Gasteiger charge is 2.43. The topological polar surface area (TPSA) is 99.6 Å². The van der Waals surface area contributed by atoms with Gasteiger partial charge < -0.3 is 4.74 Å². The van der Waals surface area contributed by atoms with Gasteiger partial charge in [0.25, 0.3) is 15.7 Å². The fraction of sp³-hybridized carbons (Fsp3) is 0.321. The molecule has 2 heterocycles. The summed E-state index contributed by atoms with van der Waals surface area (Å²) in [6.45, 7) is 6.19. The standard InChI is InChI=1S/C26H28N3O3.C2H6O3S/c1-17-20(24(30)29(28(17)5)19-10-8-7-9-11-19)13-15-23-26(2,3)21-16-18(25(31)32-6)12-14-22(21)27(23)4;1-5-6(2,3)4/h7-16H,1-6H3;1-2H3/q+1;. The third kappa shape index (κ3) is 5.56. The molecule has 0 saturated heterocycles. The van der Waals surface area contributed by atoms with Gasteiger partial charge in [-0.25, -0.2) is 9.48 Å². The third-order valence-electron chi connectivity index (χ3n) is 6.76. The number of hydrogen-bond acceptors (Lipinski definition) is 6. The van der Waals surface area contributed by atoms with E-state index in [0.29, 0.717) is 11.1 Å². The van der Waals surface area contributed by atoms with Gasteiger partial charge in [-0.3, -0.25) is 13.7 Å². The molecule has 9 nitrogen and oxygen atoms in total. The highest BCUT2D eigenvalue weighted by atomic mass is 32.2. The van der Waals surface area contributed by atoms with E-state index in [-0.39, 0.29) is 16.9 Å². The van der Waals surface area contributed by atoms with Crippen molar-refractivity contribution in [2.75, 3.05) is 27.5 Å². The van der Waals surface area contributed by atoms with Crippen LogP contribution in [0, 0.1) is 6.92 Å². The van der Waals surface area contributed by atoms with Crippen molar-refractivity contribution < 1.29 is 26.7 Å². The zero-order chi connectivity index (χ0) is 28.4. The van der Waals surface area contributed by atoms with E-state index in [0.717, 1.165) is 41.7 Å². The lowest BCUT2D eigenvalue weighted by Gasteiger charge is -2.16. The molecule has 0 radical (unpaired) electrons. The van der Waals surface area contributed by atoms with Gasteiger partial charge in [0.15, 0.2) is 5.71 Å². The van der Waals surface area contributed by atoms with Gasteiger partial charge in [0.2, 0.25) is 5.69 Å². The Morgan fingerprint density at radius 2 is 1.66 bits per heavy atom. The summed E-state index contributed by atoms with van der Waals surface area (Å²) in [5.74, 6) is -0.350. The van der Waals surface area contributed by atoms with Crippen molar-refractivity contribution >= 4 is 33.6 Å². The number of methoxy groups -OCH3 is 1. The summed E-state index contributed by atoms with van der Waals surface area (Å²) in [7, 11) is 3.24. The van der Waals surface area contributed by atoms with Crippen LogP contribution in [0.1, 0.15) is 41.0 Å². The fourth-order valence-corrected chi connectivity index (χ4v) is 4.52. The molecule has 2 aromatic carbocycles. The predicted molar refractivity (Wildman–Crippen MR) is 148 cm³/mol. The Kier molecular flexibility index (Phi) is 8.28. The number of esters is 1. The van der Waals surface area contributed by atoms with Crippen LogP contribution in [0.5, 0.6) is 0 Å². The highest BCUT2D eigenvalue weighted by Crippen LogP contribution is 2.40. The molecule has 0 fully saturated rings. The molecular formula is C28H34N3O6S+. The summed E-state index contributed by atoms with van der Waals surface area (Å²) >= 11 is 0. The summed E-state index contributed by atoms with van der Waals surface area (Å²) in [5, 5.41) is 0. The molecule has 0 amide bonds. The molecule has 0 atom stereocenters. The van der Waals surface area contributed by atoms with Crippen LogP contribution >= 0.6 is 0 Å². The molecule has 10 heteroatoms. The van der Waals surface area contributed by atoms with Crippen LogP contribution in [0.4, 0.5) is 5.69 Å². The van der Waals surface area contributed by atoms with Gasteiger partial charge >= 0.3 is 5.97 Å². The number of ether oxygens (including phenoxy) is 1. The maximum Gasteiger partial charge on any atom is 0.337 e. The summed E-state index contributed by atoms with van der Waals surface area (Å²) in [4.78, 5) is 25.3. The third-order valence-corrected chi connectivity index (χ3v) is 7.37. The summed E-state index contributed by atoms with van der Waals surface area (Å²) in [6, 6.07) is 15.2. The smallest absolute Gasteiger partial charge is 0.337 e. The number of benzene rings is 2. The van der Waals surface area contributed by atoms with Crippen molar-refractivity contribution in [2.24, 2.45) is 7.05 Å². The maximum absolute atomic E-state index is 13.2. The maximum atomic E-state index is 13.2. The lowest BCUT2D eigenvalue weighted by Crippen LogP contribution is -2.27. The number of hydrogen-bond donors (Lipinski definition) is 0. The molecular weight excluding hydrogens is 506 g/mol. The zero-order valence-corrected chi connectivity index (χ0v) is 23.8. The number of fused-ring (bicyclic) bond motifs is 1. The number of nitrogens with zero attached hydrogens (tertiary/aromatic N) is 3. The van der Waals surface area contributed by atoms with Gasteiger partial charge in [0, 0.05) is 30.4 Å². The van der Waals surface area contributed by atoms with E-state index in [1.165, 1.54) is 7.11 Å². The first-order valence-corrected chi connectivity index (χ1v) is 13.7. The first kappa shape index (κ1) is 28.8. The highest BCUT2D eigenvalue weighted by molar-refractivity contribution is 7.85. The lowest BCUT2D eigenvalue weighted by atomic mass is 9.80. The fourth-order valence-electron chi connectivity index (χ4n) is 4.52. The van der Waals surface area contributed by atoms with E-state index < -0.39 is 10.1 Å². The Labute approximate surface area is 223 Å². The minimum absolute atomic E-state index is 0.0583. The van der Waals surface area contributed by atoms with E-state index in [2.05, 4.69) is 22.6 Å². The second-order valence-corrected chi connectivity index (χ2v) is 11.2. The van der Waals surface area contributed by atoms with E-state index in [4.69, 9.17) is 4.74 Å². The molecule has 1 aliphatic heterocycles. The van der Waals surface area contributed by atoms with Gasteiger partial charge in [-0.05, 0) is 51.1 Å². The van der Waals surface area contributed by atoms with Crippen LogP contribution in [-0.2, 0) is 31.5 Å². The number of carbonyl (C=O) groups is 1. The number of allylic oxidation sites excluding steroid dienone is 1. The van der Waals surface area contributed by atoms with E-state index >= 15 is 0 Å². The molecule has 0 aliphatic carbocycles. The Morgan fingerprint density at radius 3 is 2.21 bits per heavy atom. The molecule has 38 heavy (non-hydrogen) atoms. The van der Waals surface area contributed by atoms with Gasteiger partial charge in [-0.15, -0.1) is 0 Å². The van der Waals surface area contributed by atoms with Crippen molar-refractivity contribution in [1.29, 1.82) is 0 Å². The van der Waals surface area contributed by atoms with Crippen LogP contribution in [0.25, 0.3) is 11.8 Å². The van der Waals surface area contributed by atoms with Crippen LogP contribution in [-0.4, -0.2) is 61.6 Å². The Morgan fingerprint density at radius 1 is 1.05 bits per heavy atom. The van der Waals surface area contributed by atoms with Gasteiger partial charge in [-0.1, -0.05) is 18.2 Å². The largest absolute Gasteiger partial charge is 0.465 e. The molecule has 1 aromatic heterocycles. The molecule has 202 valence electrons. The second-order valence-electron chi connectivity index (χ2n) is 9.47. The lowest BCUT2D eigenvalue weighted by molar-refractivity contribution is -0.401. The zero-order valence-electron chi connectivity index (χ0n) is 23.0. The average molecular weight is 541 g/mol. The summed E-state index contributed by atoms with van der Waals surface area (Å²) < 4.78 is 34.0. The van der Waals surface area contributed by atoms with E-state index in [1.54, 1.807) is 10.7 Å². The number of aromatic nitrogens is 2. The van der Waals surface area contributed by atoms with E-state index in [9.17, 15) is 18.0 Å². The van der Waals surface area contributed by atoms with Crippen LogP contribution in [0.15, 0.2) is 59.4 Å². The van der Waals surface area contributed by atoms with Crippen LogP contribution in [0.2, 0.25) is 0 Å². The van der Waals surface area contributed by atoms with Crippen molar-refractivity contribution in [3.05, 3.63) is 87.3 Å². The first-order chi connectivity index (χ1) is 17.7. The van der Waals surface area contributed by atoms with Crippen molar-refractivity contribution in [3.63, 3.8) is 0 Å². The van der Waals surface area contributed by atoms with E-state index in [1.807, 2.05) is 80.3 Å². The molecule has 1 aliphatic rings. The Bertz CT molecular complexity index is 1590. The Balaban J connectivity index is 0.000000599. The normalized spacial score (nSPS) is 14.3. The minimum Gasteiger partial charge on any atom is -0.465 e. The first-order valence-electron chi connectivity index (χ1n) is 11.9. The van der Waals surface area contributed by atoms with Crippen LogP contribution < -0.4 is 5.56 Å². The molecule has 0 unspecified atom stereocenters. The molecule has 0 saturated carbocycles. The number of carbonyl (C=O) groups excluding carboxylic acids is 1. The van der Waals surface area contributed by atoms with Crippen molar-refractivity contribution in [3.8, 4) is 5.69 Å². The monoisotopic (exact) mass is 540 g/mol. The molecule has 3 aromatic rings. The summed E-state index contributed by atoms with van der Waals surface area (Å²) in [6.07, 6.45) is 4.90. The second kappa shape index (κ2) is 10.9. The van der Waals surface area contributed by atoms with Crippen molar-refractivity contribution in [1.82, 2.24) is 9.36 Å². The SMILES string of the molecule is COC(=O)c1ccc2c(c1)C(C)(C)C(C=Cc1c(C)n(C)n(-c3ccccc3)c1=O)=[N+]2C.COS(C)(=O)=O. The quantitative estimate of drug-likeness (QED) is 0.279. The number of rotatable bonds is 5. The summed E-state index contributed by atoms with van der Waals surface area (Å²) in [5.41, 5.74) is 5.63. The minimum atomic E-state index is -3.16.